The van der Waals surface area contributed by atoms with Gasteiger partial charge in [0.1, 0.15) is 6.61 Å². The third kappa shape index (κ3) is 6.92. The van der Waals surface area contributed by atoms with Gasteiger partial charge in [0.15, 0.2) is 0 Å². The second-order valence-electron chi connectivity index (χ2n) is 8.54. The molecule has 1 aromatic carbocycles. The second kappa shape index (κ2) is 12.4. The van der Waals surface area contributed by atoms with E-state index in [4.69, 9.17) is 4.74 Å². The number of hydrogen-bond acceptors (Lipinski definition) is 5. The van der Waals surface area contributed by atoms with Gasteiger partial charge in [-0.05, 0) is 37.7 Å². The predicted molar refractivity (Wildman–Crippen MR) is 120 cm³/mol. The van der Waals surface area contributed by atoms with Crippen molar-refractivity contribution >= 4 is 17.8 Å². The van der Waals surface area contributed by atoms with Gasteiger partial charge in [-0.3, -0.25) is 14.4 Å². The normalized spacial score (nSPS) is 23.3. The number of cyclic esters (lactones) is 1. The molecule has 2 atom stereocenters. The monoisotopic (exact) mass is 442 g/mol. The molecule has 1 saturated heterocycles. The van der Waals surface area contributed by atoms with Crippen LogP contribution < -0.4 is 0 Å². The first-order valence-electron chi connectivity index (χ1n) is 11.6. The summed E-state index contributed by atoms with van der Waals surface area (Å²) in [5.41, 5.74) is 0.983. The van der Waals surface area contributed by atoms with E-state index in [0.717, 1.165) is 24.8 Å². The maximum absolute atomic E-state index is 13.4. The van der Waals surface area contributed by atoms with Gasteiger partial charge in [0, 0.05) is 32.5 Å². The van der Waals surface area contributed by atoms with Crippen LogP contribution in [0.4, 0.5) is 0 Å². The Kier molecular flexibility index (Phi) is 9.28. The highest BCUT2D eigenvalue weighted by atomic mass is 16.5. The summed E-state index contributed by atoms with van der Waals surface area (Å²) in [6, 6.07) is 9.53. The predicted octanol–water partition coefficient (Wildman–Crippen LogP) is 2.68. The molecule has 7 nitrogen and oxygen atoms in total. The van der Waals surface area contributed by atoms with Crippen molar-refractivity contribution in [1.29, 1.82) is 0 Å². The smallest absolute Gasteiger partial charge is 0.305 e. The van der Waals surface area contributed by atoms with Crippen LogP contribution in [0.5, 0.6) is 0 Å². The Morgan fingerprint density at radius 3 is 2.75 bits per heavy atom. The van der Waals surface area contributed by atoms with Gasteiger partial charge in [0.05, 0.1) is 18.6 Å². The van der Waals surface area contributed by atoms with Crippen LogP contribution in [0.2, 0.25) is 0 Å². The number of aliphatic hydroxyl groups is 1. The van der Waals surface area contributed by atoms with Crippen LogP contribution in [0.25, 0.3) is 0 Å². The van der Waals surface area contributed by atoms with Gasteiger partial charge in [-0.1, -0.05) is 42.5 Å². The average Bonchev–Trinajstić information content (AvgIpc) is 3.27. The van der Waals surface area contributed by atoms with Crippen LogP contribution in [0.15, 0.2) is 42.5 Å². The van der Waals surface area contributed by atoms with Crippen LogP contribution in [-0.2, 0) is 25.7 Å². The van der Waals surface area contributed by atoms with Crippen molar-refractivity contribution in [2.75, 3.05) is 26.3 Å². The standard InChI is InChI=1S/C25H34N2O5/c28-16-15-26(18-20-9-4-3-5-10-20)23(29)17-21-11-6-1-2-7-13-24(30)32-19-22-12-8-14-27(22)25(21)31/h1,3-6,9-10,21-22,28H,2,7-8,11-19H2/b6-1-/t21-,22-/m1/s1. The van der Waals surface area contributed by atoms with Crippen molar-refractivity contribution in [1.82, 2.24) is 9.80 Å². The van der Waals surface area contributed by atoms with Gasteiger partial charge in [-0.15, -0.1) is 0 Å². The Bertz CT molecular complexity index is 795. The Labute approximate surface area is 190 Å². The van der Waals surface area contributed by atoms with Crippen LogP contribution in [0, 0.1) is 5.92 Å². The van der Waals surface area contributed by atoms with Gasteiger partial charge in [0.2, 0.25) is 11.8 Å². The summed E-state index contributed by atoms with van der Waals surface area (Å²) in [5.74, 6) is -0.873. The molecule has 0 unspecified atom stereocenters. The fourth-order valence-corrected chi connectivity index (χ4v) is 4.37. The molecule has 0 aromatic heterocycles. The van der Waals surface area contributed by atoms with Gasteiger partial charge in [-0.2, -0.15) is 0 Å². The fraction of sp³-hybridized carbons (Fsp3) is 0.560. The number of carbonyl (C=O) groups is 3. The zero-order valence-corrected chi connectivity index (χ0v) is 18.7. The van der Waals surface area contributed by atoms with E-state index in [1.54, 1.807) is 9.80 Å². The summed E-state index contributed by atoms with van der Waals surface area (Å²) in [7, 11) is 0. The lowest BCUT2D eigenvalue weighted by molar-refractivity contribution is -0.149. The number of benzene rings is 1. The van der Waals surface area contributed by atoms with Gasteiger partial charge >= 0.3 is 5.97 Å². The molecule has 0 saturated carbocycles. The van der Waals surface area contributed by atoms with Gasteiger partial charge in [0.25, 0.3) is 0 Å². The van der Waals surface area contributed by atoms with E-state index in [9.17, 15) is 19.5 Å². The molecule has 1 aromatic rings. The first-order valence-corrected chi connectivity index (χ1v) is 11.6. The minimum atomic E-state index is -0.465. The highest BCUT2D eigenvalue weighted by Crippen LogP contribution is 2.25. The van der Waals surface area contributed by atoms with Crippen molar-refractivity contribution in [3.05, 3.63) is 48.0 Å². The third-order valence-electron chi connectivity index (χ3n) is 6.15. The van der Waals surface area contributed by atoms with Gasteiger partial charge in [-0.25, -0.2) is 0 Å². The molecule has 0 aliphatic carbocycles. The molecule has 0 radical (unpaired) electrons. The number of ether oxygens (including phenoxy) is 1. The quantitative estimate of drug-likeness (QED) is 0.541. The number of fused-ring (bicyclic) bond motifs is 1. The van der Waals surface area contributed by atoms with E-state index in [1.165, 1.54) is 0 Å². The van der Waals surface area contributed by atoms with Crippen molar-refractivity contribution in [2.45, 2.75) is 57.5 Å². The number of esters is 1. The average molecular weight is 443 g/mol. The summed E-state index contributed by atoms with van der Waals surface area (Å²) in [5, 5.41) is 9.48. The number of allylic oxidation sites excluding steroid dienone is 2. The number of nitrogens with zero attached hydrogens (tertiary/aromatic N) is 2. The molecule has 174 valence electrons. The van der Waals surface area contributed by atoms with Crippen LogP contribution in [0.3, 0.4) is 0 Å². The number of hydrogen-bond donors (Lipinski definition) is 1. The summed E-state index contributed by atoms with van der Waals surface area (Å²) >= 11 is 0. The topological polar surface area (TPSA) is 87.2 Å². The third-order valence-corrected chi connectivity index (χ3v) is 6.15. The molecule has 1 N–H and O–H groups in total. The molecular weight excluding hydrogens is 408 g/mol. The lowest BCUT2D eigenvalue weighted by Crippen LogP contribution is -2.44. The Balaban J connectivity index is 1.73. The molecule has 1 fully saturated rings. The van der Waals surface area contributed by atoms with Crippen LogP contribution in [0.1, 0.15) is 50.5 Å². The van der Waals surface area contributed by atoms with E-state index >= 15 is 0 Å². The number of amides is 2. The molecule has 7 heteroatoms. The lowest BCUT2D eigenvalue weighted by atomic mass is 9.97. The van der Waals surface area contributed by atoms with E-state index in [1.807, 2.05) is 42.5 Å². The number of carbonyl (C=O) groups excluding carboxylic acids is 3. The molecule has 2 aliphatic rings. The first kappa shape index (κ1) is 24.0. The molecule has 2 aliphatic heterocycles. The maximum atomic E-state index is 13.4. The minimum Gasteiger partial charge on any atom is -0.463 e. The molecule has 0 spiro atoms. The van der Waals surface area contributed by atoms with Crippen molar-refractivity contribution in [2.24, 2.45) is 5.92 Å². The molecular formula is C25H34N2O5. The van der Waals surface area contributed by atoms with Crippen molar-refractivity contribution in [3.8, 4) is 0 Å². The van der Waals surface area contributed by atoms with Gasteiger partial charge < -0.3 is 19.6 Å². The largest absolute Gasteiger partial charge is 0.463 e. The zero-order chi connectivity index (χ0) is 22.8. The summed E-state index contributed by atoms with van der Waals surface area (Å²) in [6.07, 6.45) is 8.02. The molecule has 32 heavy (non-hydrogen) atoms. The van der Waals surface area contributed by atoms with Crippen molar-refractivity contribution in [3.63, 3.8) is 0 Å². The summed E-state index contributed by atoms with van der Waals surface area (Å²) in [4.78, 5) is 41.9. The minimum absolute atomic E-state index is 0.0514. The van der Waals surface area contributed by atoms with E-state index in [2.05, 4.69) is 0 Å². The van der Waals surface area contributed by atoms with Crippen LogP contribution in [-0.4, -0.2) is 65.0 Å². The number of rotatable bonds is 6. The van der Waals surface area contributed by atoms with Crippen LogP contribution >= 0.6 is 0 Å². The maximum Gasteiger partial charge on any atom is 0.305 e. The van der Waals surface area contributed by atoms with E-state index < -0.39 is 5.92 Å². The highest BCUT2D eigenvalue weighted by molar-refractivity contribution is 5.86. The van der Waals surface area contributed by atoms with E-state index in [0.29, 0.717) is 32.4 Å². The Hall–Kier alpha value is -2.67. The fourth-order valence-electron chi connectivity index (χ4n) is 4.37. The second-order valence-corrected chi connectivity index (χ2v) is 8.54. The van der Waals surface area contributed by atoms with Crippen molar-refractivity contribution < 1.29 is 24.2 Å². The Morgan fingerprint density at radius 1 is 1.16 bits per heavy atom. The Morgan fingerprint density at radius 2 is 1.97 bits per heavy atom. The first-order chi connectivity index (χ1) is 15.6. The molecule has 2 heterocycles. The molecule has 0 bridgehead atoms. The highest BCUT2D eigenvalue weighted by Gasteiger charge is 2.35. The summed E-state index contributed by atoms with van der Waals surface area (Å²) in [6.45, 7) is 1.35. The number of aliphatic hydroxyl groups excluding tert-OH is 1. The van der Waals surface area contributed by atoms with E-state index in [-0.39, 0.29) is 50.0 Å². The SMILES string of the molecule is O=C1CCC/C=C\C[C@H](CC(=O)N(CCO)Cc2ccccc2)C(=O)N2CCC[C@@H]2CO1. The lowest BCUT2D eigenvalue weighted by Gasteiger charge is -2.29. The summed E-state index contributed by atoms with van der Waals surface area (Å²) < 4.78 is 5.41. The zero-order valence-electron chi connectivity index (χ0n) is 18.7. The molecule has 2 amide bonds. The molecule has 3 rings (SSSR count).